The number of carbonyl (C=O) groups is 2. The molecule has 48 heavy (non-hydrogen) atoms. The lowest BCUT2D eigenvalue weighted by molar-refractivity contribution is -0.137. The molecule has 1 aliphatic heterocycles. The molecule has 0 radical (unpaired) electrons. The Morgan fingerprint density at radius 1 is 1.06 bits per heavy atom. The molecule has 2 N–H and O–H groups in total. The SMILES string of the molecule is CCc1c(N2CCN(C(=O)c3ncnc(C)c3O)CC2)c(=O)c2nc(C(F)F)c(C)nc2n1CC(=O)Nc1ccc(C(F)(F)F)cc1Cl. The number of rotatable bonds is 7. The highest BCUT2D eigenvalue weighted by Gasteiger charge is 2.32. The maximum Gasteiger partial charge on any atom is 0.416 e. The van der Waals surface area contributed by atoms with Crippen LogP contribution in [0.5, 0.6) is 5.75 Å². The van der Waals surface area contributed by atoms with Crippen LogP contribution in [0.2, 0.25) is 5.02 Å². The standard InChI is InChI=1S/C30H28ClF5N8O4/c1-4-19-24(42-7-9-43(10-8-42)29(48)23-25(46)15(3)37-13-38-23)26(47)22-28(39-14(2)21(41-22)27(32)33)44(19)12-20(45)40-18-6-5-16(11-17(18)31)30(34,35)36/h5-6,11,13,27,46H,4,7-10,12H2,1-3H3,(H,40,45). The zero-order valence-electron chi connectivity index (χ0n) is 25.7. The zero-order valence-corrected chi connectivity index (χ0v) is 26.5. The van der Waals surface area contributed by atoms with E-state index in [0.29, 0.717) is 11.8 Å². The van der Waals surface area contributed by atoms with Gasteiger partial charge in [-0.1, -0.05) is 18.5 Å². The third kappa shape index (κ3) is 6.58. The zero-order chi connectivity index (χ0) is 35.1. The van der Waals surface area contributed by atoms with Gasteiger partial charge in [-0.05, 0) is 38.5 Å². The van der Waals surface area contributed by atoms with E-state index >= 15 is 0 Å². The monoisotopic (exact) mass is 694 g/mol. The molecule has 4 heterocycles. The van der Waals surface area contributed by atoms with Crippen molar-refractivity contribution >= 4 is 46.0 Å². The van der Waals surface area contributed by atoms with Crippen molar-refractivity contribution < 1.29 is 36.6 Å². The Hall–Kier alpha value is -4.93. The molecular formula is C30H28ClF5N8O4. The minimum Gasteiger partial charge on any atom is -0.504 e. The number of halogens is 6. The molecule has 4 aromatic rings. The van der Waals surface area contributed by atoms with Crippen molar-refractivity contribution in [2.75, 3.05) is 36.4 Å². The number of carbonyl (C=O) groups excluding carboxylic acids is 2. The lowest BCUT2D eigenvalue weighted by Gasteiger charge is -2.37. The molecule has 3 aromatic heterocycles. The van der Waals surface area contributed by atoms with Crippen LogP contribution in [0.1, 0.15) is 52.2 Å². The number of aromatic nitrogens is 5. The Morgan fingerprint density at radius 3 is 2.35 bits per heavy atom. The van der Waals surface area contributed by atoms with Crippen LogP contribution in [-0.2, 0) is 23.9 Å². The van der Waals surface area contributed by atoms with E-state index in [-0.39, 0.29) is 77.5 Å². The first kappa shape index (κ1) is 34.4. The van der Waals surface area contributed by atoms with E-state index in [4.69, 9.17) is 11.6 Å². The van der Waals surface area contributed by atoms with Crippen molar-refractivity contribution in [2.45, 2.75) is 46.3 Å². The summed E-state index contributed by atoms with van der Waals surface area (Å²) in [4.78, 5) is 59.4. The van der Waals surface area contributed by atoms with E-state index in [9.17, 15) is 41.4 Å². The second-order valence-electron chi connectivity index (χ2n) is 10.9. The maximum absolute atomic E-state index is 14.0. The van der Waals surface area contributed by atoms with E-state index < -0.39 is 53.2 Å². The van der Waals surface area contributed by atoms with E-state index in [0.717, 1.165) is 18.5 Å². The van der Waals surface area contributed by atoms with Crippen LogP contribution in [0.25, 0.3) is 11.2 Å². The maximum atomic E-state index is 14.0. The average Bonchev–Trinajstić information content (AvgIpc) is 3.03. The Labute approximate surface area is 274 Å². The van der Waals surface area contributed by atoms with Gasteiger partial charge in [0.15, 0.2) is 22.6 Å². The first-order valence-corrected chi connectivity index (χ1v) is 14.9. The van der Waals surface area contributed by atoms with Gasteiger partial charge in [-0.15, -0.1) is 0 Å². The molecule has 1 fully saturated rings. The van der Waals surface area contributed by atoms with Gasteiger partial charge in [-0.25, -0.2) is 28.7 Å². The number of fused-ring (bicyclic) bond motifs is 1. The number of aromatic hydroxyl groups is 1. The number of nitrogens with one attached hydrogen (secondary N) is 1. The molecule has 0 spiro atoms. The summed E-state index contributed by atoms with van der Waals surface area (Å²) in [6.45, 7) is 4.39. The highest BCUT2D eigenvalue weighted by Crippen LogP contribution is 2.34. The molecule has 1 aliphatic rings. The van der Waals surface area contributed by atoms with Crippen molar-refractivity contribution in [3.05, 3.63) is 73.8 Å². The third-order valence-electron chi connectivity index (χ3n) is 7.88. The van der Waals surface area contributed by atoms with Crippen molar-refractivity contribution in [2.24, 2.45) is 0 Å². The number of anilines is 2. The summed E-state index contributed by atoms with van der Waals surface area (Å²) in [5, 5.41) is 12.4. The van der Waals surface area contributed by atoms with E-state index in [2.05, 4.69) is 25.3 Å². The molecule has 1 saturated heterocycles. The molecule has 1 aromatic carbocycles. The quantitative estimate of drug-likeness (QED) is 0.264. The van der Waals surface area contributed by atoms with Gasteiger partial charge in [0.25, 0.3) is 12.3 Å². The normalized spacial score (nSPS) is 13.8. The number of pyridine rings is 1. The van der Waals surface area contributed by atoms with Gasteiger partial charge >= 0.3 is 6.18 Å². The minimum atomic E-state index is -4.66. The Morgan fingerprint density at radius 2 is 1.75 bits per heavy atom. The van der Waals surface area contributed by atoms with Gasteiger partial charge in [0.2, 0.25) is 11.3 Å². The molecule has 18 heteroatoms. The Bertz CT molecular complexity index is 1980. The van der Waals surface area contributed by atoms with Gasteiger partial charge < -0.3 is 24.8 Å². The summed E-state index contributed by atoms with van der Waals surface area (Å²) >= 11 is 6.03. The number of benzene rings is 1. The molecular weight excluding hydrogens is 667 g/mol. The van der Waals surface area contributed by atoms with Crippen LogP contribution < -0.4 is 15.6 Å². The molecule has 254 valence electrons. The van der Waals surface area contributed by atoms with Crippen LogP contribution in [-0.4, -0.2) is 72.5 Å². The summed E-state index contributed by atoms with van der Waals surface area (Å²) in [5.74, 6) is -1.66. The summed E-state index contributed by atoms with van der Waals surface area (Å²) < 4.78 is 68.4. The molecule has 0 unspecified atom stereocenters. The van der Waals surface area contributed by atoms with E-state index in [1.807, 2.05) is 0 Å². The van der Waals surface area contributed by atoms with Crippen molar-refractivity contribution in [1.82, 2.24) is 29.4 Å². The summed E-state index contributed by atoms with van der Waals surface area (Å²) in [6, 6.07) is 2.42. The summed E-state index contributed by atoms with van der Waals surface area (Å²) in [5.41, 5.74) is -2.83. The molecule has 0 bridgehead atoms. The van der Waals surface area contributed by atoms with Crippen molar-refractivity contribution in [3.63, 3.8) is 0 Å². The lowest BCUT2D eigenvalue weighted by atomic mass is 10.1. The molecule has 12 nitrogen and oxygen atoms in total. The van der Waals surface area contributed by atoms with Crippen molar-refractivity contribution in [1.29, 1.82) is 0 Å². The number of aryl methyl sites for hydroxylation is 2. The van der Waals surface area contributed by atoms with Crippen LogP contribution in [0.3, 0.4) is 0 Å². The van der Waals surface area contributed by atoms with E-state index in [1.165, 1.54) is 23.3 Å². The van der Waals surface area contributed by atoms with Crippen LogP contribution in [0.4, 0.5) is 33.3 Å². The minimum absolute atomic E-state index is 0.0663. The predicted octanol–water partition coefficient (Wildman–Crippen LogP) is 4.68. The first-order valence-electron chi connectivity index (χ1n) is 14.6. The first-order chi connectivity index (χ1) is 22.6. The van der Waals surface area contributed by atoms with Crippen LogP contribution in [0, 0.1) is 13.8 Å². The smallest absolute Gasteiger partial charge is 0.416 e. The van der Waals surface area contributed by atoms with Crippen LogP contribution >= 0.6 is 11.6 Å². The van der Waals surface area contributed by atoms with Gasteiger partial charge in [0.1, 0.15) is 24.3 Å². The summed E-state index contributed by atoms with van der Waals surface area (Å²) in [7, 11) is 0. The molecule has 2 amide bonds. The topological polar surface area (TPSA) is 146 Å². The molecule has 0 atom stereocenters. The van der Waals surface area contributed by atoms with Gasteiger partial charge in [0, 0.05) is 31.9 Å². The highest BCUT2D eigenvalue weighted by molar-refractivity contribution is 6.33. The van der Waals surface area contributed by atoms with Gasteiger partial charge in [-0.3, -0.25) is 14.4 Å². The number of alkyl halides is 5. The number of piperazine rings is 1. The fourth-order valence-corrected chi connectivity index (χ4v) is 5.68. The molecule has 0 saturated carbocycles. The number of nitrogens with zero attached hydrogens (tertiary/aromatic N) is 7. The lowest BCUT2D eigenvalue weighted by Crippen LogP contribution is -2.50. The van der Waals surface area contributed by atoms with Crippen LogP contribution in [0.15, 0.2) is 29.3 Å². The number of amides is 2. The van der Waals surface area contributed by atoms with Gasteiger partial charge in [0.05, 0.1) is 27.7 Å². The second-order valence-corrected chi connectivity index (χ2v) is 11.3. The highest BCUT2D eigenvalue weighted by atomic mass is 35.5. The fourth-order valence-electron chi connectivity index (χ4n) is 5.45. The molecule has 0 aliphatic carbocycles. The Balaban J connectivity index is 1.52. The number of hydrogen-bond donors (Lipinski definition) is 2. The largest absolute Gasteiger partial charge is 0.504 e. The van der Waals surface area contributed by atoms with Crippen molar-refractivity contribution in [3.8, 4) is 5.75 Å². The van der Waals surface area contributed by atoms with Gasteiger partial charge in [-0.2, -0.15) is 13.2 Å². The fraction of sp³-hybridized carbons (Fsp3) is 0.367. The number of hydrogen-bond acceptors (Lipinski definition) is 9. The Kier molecular flexibility index (Phi) is 9.53. The second kappa shape index (κ2) is 13.3. The predicted molar refractivity (Wildman–Crippen MR) is 165 cm³/mol. The average molecular weight is 695 g/mol. The molecule has 5 rings (SSSR count). The summed E-state index contributed by atoms with van der Waals surface area (Å²) in [6.07, 6.45) is -6.39. The van der Waals surface area contributed by atoms with E-state index in [1.54, 1.807) is 11.8 Å². The third-order valence-corrected chi connectivity index (χ3v) is 8.19.